The molecular formula is C13H26O10Si2. The van der Waals surface area contributed by atoms with E-state index in [1.807, 2.05) is 0 Å². The largest absolute Gasteiger partial charge is 0.516 e. The van der Waals surface area contributed by atoms with Crippen molar-refractivity contribution < 1.29 is 46.4 Å². The quantitative estimate of drug-likeness (QED) is 0.354. The van der Waals surface area contributed by atoms with Crippen molar-refractivity contribution in [2.45, 2.75) is 18.0 Å². The molecule has 0 bridgehead atoms. The molecular weight excluding hydrogens is 372 g/mol. The lowest BCUT2D eigenvalue weighted by atomic mass is 10.1. The van der Waals surface area contributed by atoms with Crippen molar-refractivity contribution >= 4 is 29.5 Å². The molecule has 0 atom stereocenters. The Bertz CT molecular complexity index is 463. The minimum atomic E-state index is -3.91. The molecule has 0 fully saturated rings. The molecule has 0 amide bonds. The molecule has 0 spiro atoms. The van der Waals surface area contributed by atoms with Crippen LogP contribution in [0.15, 0.2) is 11.6 Å². The number of hydrogen-bond acceptors (Lipinski definition) is 8. The maximum absolute atomic E-state index is 12.0. The Hall–Kier alpha value is -1.13. The fourth-order valence-electron chi connectivity index (χ4n) is 3.18. The van der Waals surface area contributed by atoms with Crippen LogP contribution in [0.2, 0.25) is 4.66 Å². The lowest BCUT2D eigenvalue weighted by Crippen LogP contribution is -2.70. The van der Waals surface area contributed by atoms with Crippen LogP contribution in [-0.4, -0.2) is 82.4 Å². The van der Waals surface area contributed by atoms with Crippen LogP contribution in [0.5, 0.6) is 0 Å². The fourth-order valence-corrected chi connectivity index (χ4v) is 11.5. The van der Waals surface area contributed by atoms with Gasteiger partial charge in [-0.25, -0.2) is 9.59 Å². The van der Waals surface area contributed by atoms with E-state index in [0.29, 0.717) is 6.08 Å². The van der Waals surface area contributed by atoms with E-state index in [1.165, 1.54) is 42.7 Å². The lowest BCUT2D eigenvalue weighted by Gasteiger charge is -2.49. The van der Waals surface area contributed by atoms with E-state index in [4.69, 9.17) is 26.6 Å². The van der Waals surface area contributed by atoms with Gasteiger partial charge in [-0.2, -0.15) is 0 Å². The van der Waals surface area contributed by atoms with Crippen molar-refractivity contribution in [3.63, 3.8) is 0 Å². The van der Waals surface area contributed by atoms with E-state index in [1.54, 1.807) is 6.92 Å². The molecule has 0 radical (unpaired) electrons. The Morgan fingerprint density at radius 2 is 1.16 bits per heavy atom. The first kappa shape index (κ1) is 23.9. The second-order valence-electron chi connectivity index (χ2n) is 4.80. The highest BCUT2D eigenvalue weighted by molar-refractivity contribution is 6.87. The van der Waals surface area contributed by atoms with Crippen LogP contribution in [0.4, 0.5) is 0 Å². The summed E-state index contributed by atoms with van der Waals surface area (Å²) in [4.78, 5) is 23.3. The zero-order chi connectivity index (χ0) is 19.9. The number of rotatable bonds is 12. The lowest BCUT2D eigenvalue weighted by molar-refractivity contribution is -0.135. The normalized spacial score (nSPS) is 13.8. The van der Waals surface area contributed by atoms with Crippen LogP contribution < -0.4 is 0 Å². The molecule has 0 aromatic rings. The predicted molar refractivity (Wildman–Crippen MR) is 89.9 cm³/mol. The van der Waals surface area contributed by atoms with E-state index in [9.17, 15) is 19.8 Å². The fraction of sp³-hybridized carbons (Fsp3) is 0.692. The highest BCUT2D eigenvalue weighted by Gasteiger charge is 2.78. The van der Waals surface area contributed by atoms with Gasteiger partial charge < -0.3 is 36.8 Å². The molecule has 0 aliphatic rings. The third kappa shape index (κ3) is 3.70. The highest BCUT2D eigenvalue weighted by Crippen LogP contribution is 2.56. The second-order valence-corrected chi connectivity index (χ2v) is 11.7. The van der Waals surface area contributed by atoms with Gasteiger partial charge in [-0.15, -0.1) is 0 Å². The summed E-state index contributed by atoms with van der Waals surface area (Å²) in [5.41, 5.74) is -0.545. The molecule has 0 rings (SSSR count). The van der Waals surface area contributed by atoms with Crippen LogP contribution in [0.1, 0.15) is 13.3 Å². The summed E-state index contributed by atoms with van der Waals surface area (Å²) in [5, 5.41) is 19.0. The minimum absolute atomic E-state index is 0.00188. The number of hydrogen-bond donors (Lipinski definition) is 2. The van der Waals surface area contributed by atoms with E-state index in [0.717, 1.165) is 0 Å². The first-order valence-electron chi connectivity index (χ1n) is 7.17. The summed E-state index contributed by atoms with van der Waals surface area (Å²) in [7, 11) is -0.137. The number of aliphatic carboxylic acids is 2. The van der Waals surface area contributed by atoms with Crippen molar-refractivity contribution in [1.82, 2.24) is 0 Å². The van der Waals surface area contributed by atoms with Gasteiger partial charge in [0.25, 0.3) is 0 Å². The molecule has 2 N–H and O–H groups in total. The summed E-state index contributed by atoms with van der Waals surface area (Å²) < 4.78 is 31.3. The SMILES string of the molecule is CCC(/C(=C\C(=O)O)C(=O)O)([Si](OC)(OC)OC)[Si](OC)(OC)OC. The van der Waals surface area contributed by atoms with E-state index >= 15 is 0 Å². The van der Waals surface area contributed by atoms with Gasteiger partial charge in [0.1, 0.15) is 4.66 Å². The zero-order valence-corrected chi connectivity index (χ0v) is 17.4. The maximum atomic E-state index is 12.0. The molecule has 0 heterocycles. The highest BCUT2D eigenvalue weighted by atomic mass is 28.5. The van der Waals surface area contributed by atoms with Crippen molar-refractivity contribution in [1.29, 1.82) is 0 Å². The monoisotopic (exact) mass is 398 g/mol. The van der Waals surface area contributed by atoms with Gasteiger partial charge in [0.15, 0.2) is 0 Å². The first-order chi connectivity index (χ1) is 11.7. The Morgan fingerprint density at radius 3 is 1.32 bits per heavy atom. The Balaban J connectivity index is 7.30. The zero-order valence-electron chi connectivity index (χ0n) is 15.4. The Morgan fingerprint density at radius 1 is 0.840 bits per heavy atom. The topological polar surface area (TPSA) is 130 Å². The van der Waals surface area contributed by atoms with Gasteiger partial charge in [-0.3, -0.25) is 0 Å². The summed E-state index contributed by atoms with van der Waals surface area (Å²) in [6.45, 7) is 1.62. The third-order valence-corrected chi connectivity index (χ3v) is 12.5. The standard InChI is InChI=1S/C13H26O10Si2/c1-8-13(24(18-2,19-3)20-4,25(21-5,22-6)23-7)10(12(16)17)9-11(14)15/h9H,8H2,1-7H3,(H,14,15)(H,16,17)/b10-9-. The average Bonchev–Trinajstić information content (AvgIpc) is 2.61. The van der Waals surface area contributed by atoms with Crippen molar-refractivity contribution in [3.05, 3.63) is 11.6 Å². The molecule has 0 aromatic heterocycles. The number of carbonyl (C=O) groups is 2. The summed E-state index contributed by atoms with van der Waals surface area (Å²) >= 11 is 0. The van der Waals surface area contributed by atoms with E-state index in [-0.39, 0.29) is 6.42 Å². The van der Waals surface area contributed by atoms with Crippen LogP contribution in [0.3, 0.4) is 0 Å². The Labute approximate surface area is 149 Å². The molecule has 0 saturated carbocycles. The van der Waals surface area contributed by atoms with Crippen LogP contribution in [-0.2, 0) is 36.1 Å². The van der Waals surface area contributed by atoms with Crippen LogP contribution >= 0.6 is 0 Å². The first-order valence-corrected chi connectivity index (χ1v) is 10.6. The molecule has 146 valence electrons. The maximum Gasteiger partial charge on any atom is 0.516 e. The summed E-state index contributed by atoms with van der Waals surface area (Å²) in [5.74, 6) is -2.97. The molecule has 10 nitrogen and oxygen atoms in total. The molecule has 0 aromatic carbocycles. The van der Waals surface area contributed by atoms with E-state index in [2.05, 4.69) is 0 Å². The van der Waals surface area contributed by atoms with Gasteiger partial charge in [-0.05, 0) is 6.42 Å². The number of carboxylic acids is 2. The molecule has 0 aliphatic carbocycles. The predicted octanol–water partition coefficient (Wildman–Crippen LogP) is 0.528. The van der Waals surface area contributed by atoms with Gasteiger partial charge in [0.05, 0.1) is 5.57 Å². The molecule has 0 unspecified atom stereocenters. The average molecular weight is 399 g/mol. The molecule has 0 saturated heterocycles. The van der Waals surface area contributed by atoms with E-state index < -0.39 is 39.8 Å². The minimum Gasteiger partial charge on any atom is -0.478 e. The smallest absolute Gasteiger partial charge is 0.478 e. The molecule has 12 heteroatoms. The van der Waals surface area contributed by atoms with Gasteiger partial charge >= 0.3 is 29.5 Å². The third-order valence-electron chi connectivity index (χ3n) is 4.15. The second kappa shape index (κ2) is 9.54. The number of carboxylic acid groups (broad SMARTS) is 2. The van der Waals surface area contributed by atoms with Crippen molar-refractivity contribution in [3.8, 4) is 0 Å². The van der Waals surface area contributed by atoms with Gasteiger partial charge in [0.2, 0.25) is 0 Å². The van der Waals surface area contributed by atoms with Gasteiger partial charge in [0, 0.05) is 48.7 Å². The van der Waals surface area contributed by atoms with Crippen molar-refractivity contribution in [2.24, 2.45) is 0 Å². The van der Waals surface area contributed by atoms with Crippen molar-refractivity contribution in [2.75, 3.05) is 42.7 Å². The summed E-state index contributed by atoms with van der Waals surface area (Å²) in [6.07, 6.45) is 0.561. The summed E-state index contributed by atoms with van der Waals surface area (Å²) in [6, 6.07) is 0. The van der Waals surface area contributed by atoms with Crippen LogP contribution in [0.25, 0.3) is 0 Å². The molecule has 0 aliphatic heterocycles. The molecule has 25 heavy (non-hydrogen) atoms. The Kier molecular flexibility index (Phi) is 9.11. The van der Waals surface area contributed by atoms with Gasteiger partial charge in [-0.1, -0.05) is 6.92 Å². The van der Waals surface area contributed by atoms with Crippen LogP contribution in [0, 0.1) is 0 Å².